The largest absolute Gasteiger partial charge is 0.333 e. The van der Waals surface area contributed by atoms with Crippen LogP contribution < -0.4 is 5.73 Å². The maximum atomic E-state index is 9.72. The zero-order chi connectivity index (χ0) is 6.99. The van der Waals surface area contributed by atoms with E-state index < -0.39 is 0 Å². The van der Waals surface area contributed by atoms with Gasteiger partial charge in [0.15, 0.2) is 0 Å². The second-order valence-electron chi connectivity index (χ2n) is 0.794. The van der Waals surface area contributed by atoms with E-state index in [1.165, 1.54) is 7.05 Å². The molecule has 0 radical (unpaired) electrons. The van der Waals surface area contributed by atoms with Crippen molar-refractivity contribution >= 4 is 28.4 Å². The molecular weight excluding hydrogens is 149 g/mol. The zero-order valence-corrected chi connectivity index (χ0v) is 6.17. The lowest BCUT2D eigenvalue weighted by Crippen LogP contribution is -1.83. The van der Waals surface area contributed by atoms with Crippen LogP contribution in [0.4, 0.5) is 0 Å². The van der Waals surface area contributed by atoms with Crippen LogP contribution in [0.5, 0.6) is 0 Å². The van der Waals surface area contributed by atoms with Crippen molar-refractivity contribution in [2.45, 2.75) is 6.42 Å². The summed E-state index contributed by atoms with van der Waals surface area (Å²) in [6, 6.07) is 0. The van der Waals surface area contributed by atoms with Crippen LogP contribution in [0.15, 0.2) is 0 Å². The first-order chi connectivity index (χ1) is 3.77. The molecule has 2 nitrogen and oxygen atoms in total. The molecule has 0 rings (SSSR count). The van der Waals surface area contributed by atoms with Crippen molar-refractivity contribution in [3.63, 3.8) is 0 Å². The molecule has 0 aliphatic heterocycles. The van der Waals surface area contributed by atoms with Gasteiger partial charge in [0, 0.05) is 12.3 Å². The molecule has 0 aliphatic carbocycles. The summed E-state index contributed by atoms with van der Waals surface area (Å²) in [5.41, 5.74) is 4.50. The summed E-state index contributed by atoms with van der Waals surface area (Å²) in [4.78, 5) is 9.72. The van der Waals surface area contributed by atoms with Crippen LogP contribution >= 0.6 is 23.2 Å². The van der Waals surface area contributed by atoms with E-state index in [0.29, 0.717) is 5.88 Å². The minimum atomic E-state index is -0.370. The van der Waals surface area contributed by atoms with Gasteiger partial charge < -0.3 is 5.73 Å². The van der Waals surface area contributed by atoms with Crippen molar-refractivity contribution in [3.8, 4) is 0 Å². The van der Waals surface area contributed by atoms with Crippen LogP contribution in [-0.2, 0) is 4.79 Å². The second-order valence-corrected chi connectivity index (χ2v) is 1.59. The number of halogens is 2. The van der Waals surface area contributed by atoms with E-state index in [1.807, 2.05) is 0 Å². The normalized spacial score (nSPS) is 7.00. The highest BCUT2D eigenvalue weighted by Crippen LogP contribution is 1.88. The summed E-state index contributed by atoms with van der Waals surface area (Å²) in [5, 5.41) is -0.370. The van der Waals surface area contributed by atoms with E-state index in [1.54, 1.807) is 0 Å². The van der Waals surface area contributed by atoms with E-state index >= 15 is 0 Å². The van der Waals surface area contributed by atoms with E-state index in [9.17, 15) is 4.79 Å². The Hall–Kier alpha value is 0.210. The topological polar surface area (TPSA) is 43.1 Å². The van der Waals surface area contributed by atoms with Gasteiger partial charge in [-0.1, -0.05) is 0 Å². The molecule has 50 valence electrons. The lowest BCUT2D eigenvalue weighted by Gasteiger charge is -1.76. The second kappa shape index (κ2) is 10.2. The van der Waals surface area contributed by atoms with Gasteiger partial charge in [0.1, 0.15) is 0 Å². The molecule has 8 heavy (non-hydrogen) atoms. The van der Waals surface area contributed by atoms with Crippen molar-refractivity contribution in [2.75, 3.05) is 12.9 Å². The smallest absolute Gasteiger partial charge is 0.222 e. The van der Waals surface area contributed by atoms with Crippen LogP contribution in [0.3, 0.4) is 0 Å². The Bertz CT molecular complexity index is 58.0. The van der Waals surface area contributed by atoms with Crippen LogP contribution in [0.1, 0.15) is 6.42 Å². The summed E-state index contributed by atoms with van der Waals surface area (Å²) >= 11 is 9.95. The number of nitrogens with two attached hydrogens (primary N) is 1. The highest BCUT2D eigenvalue weighted by atomic mass is 35.5. The van der Waals surface area contributed by atoms with Crippen LogP contribution in [0.2, 0.25) is 0 Å². The highest BCUT2D eigenvalue weighted by molar-refractivity contribution is 6.63. The number of carbonyl (C=O) groups is 1. The standard InChI is InChI=1S/C3H4Cl2O.CH5N/c4-2-1-3(5)6;1-2/h1-2H2;2H2,1H3. The SMILES string of the molecule is CN.O=C(Cl)CCCl. The average Bonchev–Trinajstić information content (AvgIpc) is 1.72. The van der Waals surface area contributed by atoms with Crippen molar-refractivity contribution in [3.05, 3.63) is 0 Å². The van der Waals surface area contributed by atoms with Gasteiger partial charge in [-0.25, -0.2) is 0 Å². The lowest BCUT2D eigenvalue weighted by molar-refractivity contribution is -0.111. The Kier molecular flexibility index (Phi) is 14.2. The van der Waals surface area contributed by atoms with Gasteiger partial charge >= 0.3 is 0 Å². The molecule has 0 unspecified atom stereocenters. The molecule has 0 aromatic heterocycles. The van der Waals surface area contributed by atoms with Crippen molar-refractivity contribution in [1.82, 2.24) is 0 Å². The van der Waals surface area contributed by atoms with Gasteiger partial charge in [-0.3, -0.25) is 4.79 Å². The summed E-state index contributed by atoms with van der Waals surface area (Å²) in [6.45, 7) is 0. The fraction of sp³-hybridized carbons (Fsp3) is 0.750. The molecule has 0 atom stereocenters. The molecule has 2 N–H and O–H groups in total. The Morgan fingerprint density at radius 1 is 1.62 bits per heavy atom. The lowest BCUT2D eigenvalue weighted by atomic mass is 10.6. The first-order valence-electron chi connectivity index (χ1n) is 2.09. The van der Waals surface area contributed by atoms with E-state index in [2.05, 4.69) is 5.73 Å². The van der Waals surface area contributed by atoms with Crippen LogP contribution in [0, 0.1) is 0 Å². The van der Waals surface area contributed by atoms with Gasteiger partial charge in [-0.15, -0.1) is 11.6 Å². The molecule has 0 amide bonds. The van der Waals surface area contributed by atoms with Crippen molar-refractivity contribution in [1.29, 1.82) is 0 Å². The van der Waals surface area contributed by atoms with E-state index in [-0.39, 0.29) is 11.7 Å². The van der Waals surface area contributed by atoms with Crippen LogP contribution in [0.25, 0.3) is 0 Å². The maximum absolute atomic E-state index is 9.72. The summed E-state index contributed by atoms with van der Waals surface area (Å²) < 4.78 is 0. The van der Waals surface area contributed by atoms with Crippen molar-refractivity contribution < 1.29 is 4.79 Å². The number of carbonyl (C=O) groups excluding carboxylic acids is 1. The summed E-state index contributed by atoms with van der Waals surface area (Å²) in [6.07, 6.45) is 0.267. The monoisotopic (exact) mass is 157 g/mol. The molecule has 0 heterocycles. The van der Waals surface area contributed by atoms with Crippen LogP contribution in [-0.4, -0.2) is 18.2 Å². The van der Waals surface area contributed by atoms with Gasteiger partial charge in [0.2, 0.25) is 5.24 Å². The minimum absolute atomic E-state index is 0.267. The molecular formula is C4H9Cl2NO. The molecule has 0 bridgehead atoms. The third-order valence-electron chi connectivity index (χ3n) is 0.291. The number of hydrogen-bond donors (Lipinski definition) is 1. The number of alkyl halides is 1. The first-order valence-corrected chi connectivity index (χ1v) is 3.00. The first kappa shape index (κ1) is 11.1. The average molecular weight is 158 g/mol. The molecule has 0 saturated heterocycles. The summed E-state index contributed by atoms with van der Waals surface area (Å²) in [7, 11) is 1.50. The highest BCUT2D eigenvalue weighted by Gasteiger charge is 1.88. The summed E-state index contributed by atoms with van der Waals surface area (Å²) in [5.74, 6) is 0.322. The third kappa shape index (κ3) is 16.4. The molecule has 4 heteroatoms. The molecule has 0 aromatic rings. The Labute approximate surface area is 58.9 Å². The predicted molar refractivity (Wildman–Crippen MR) is 36.3 cm³/mol. The van der Waals surface area contributed by atoms with Gasteiger partial charge in [-0.2, -0.15) is 0 Å². The maximum Gasteiger partial charge on any atom is 0.222 e. The fourth-order valence-corrected chi connectivity index (χ4v) is 0.437. The van der Waals surface area contributed by atoms with E-state index in [0.717, 1.165) is 0 Å². The van der Waals surface area contributed by atoms with Gasteiger partial charge in [-0.05, 0) is 18.6 Å². The van der Waals surface area contributed by atoms with E-state index in [4.69, 9.17) is 23.2 Å². The Balaban J connectivity index is 0. The zero-order valence-electron chi connectivity index (χ0n) is 4.66. The number of hydrogen-bond acceptors (Lipinski definition) is 2. The third-order valence-corrected chi connectivity index (χ3v) is 0.669. The van der Waals surface area contributed by atoms with Gasteiger partial charge in [0.25, 0.3) is 0 Å². The molecule has 0 saturated carbocycles. The fourth-order valence-electron chi connectivity index (χ4n) is 0.0743. The molecule has 0 aromatic carbocycles. The van der Waals surface area contributed by atoms with Crippen molar-refractivity contribution in [2.24, 2.45) is 5.73 Å². The minimum Gasteiger partial charge on any atom is -0.333 e. The molecule has 0 fully saturated rings. The molecule has 0 spiro atoms. The predicted octanol–water partition coefficient (Wildman–Crippen LogP) is 0.956. The number of rotatable bonds is 2. The quantitative estimate of drug-likeness (QED) is 0.480. The molecule has 0 aliphatic rings. The Morgan fingerprint density at radius 3 is 2.00 bits per heavy atom. The Morgan fingerprint density at radius 2 is 2.00 bits per heavy atom. The van der Waals surface area contributed by atoms with Gasteiger partial charge in [0.05, 0.1) is 0 Å².